The Morgan fingerprint density at radius 3 is 1.00 bits per heavy atom. The van der Waals surface area contributed by atoms with E-state index < -0.39 is 0 Å². The van der Waals surface area contributed by atoms with Gasteiger partial charge in [-0.05, 0) is 37.8 Å². The van der Waals surface area contributed by atoms with Gasteiger partial charge in [0, 0.05) is 37.7 Å². The molecule has 0 amide bonds. The first-order valence-corrected chi connectivity index (χ1v) is 36.1. The summed E-state index contributed by atoms with van der Waals surface area (Å²) in [5.41, 5.74) is 2.41. The first-order valence-electron chi connectivity index (χ1n) is 35.3. The molecule has 0 atom stereocenters. The predicted molar refractivity (Wildman–Crippen MR) is 352 cm³/mol. The molecule has 0 saturated heterocycles. The SMILES string of the molecule is CCCCCCCCCCCCCCCCN(CCCCCCCCCCCCCCCC)c1ccc(C2=C(O)/C(=C3\N=CC(=[N+](CCCCCCCCCCCCCC)CCCCCCCCCCCCCC)S3)C2=O)nc1. The van der Waals surface area contributed by atoms with Crippen molar-refractivity contribution in [3.8, 4) is 0 Å². The summed E-state index contributed by atoms with van der Waals surface area (Å²) < 4.78 is 2.53. The number of carbonyl (C=O) groups is 1. The fourth-order valence-corrected chi connectivity index (χ4v) is 13.1. The number of unbranched alkanes of at least 4 members (excludes halogenated alkanes) is 48. The van der Waals surface area contributed by atoms with Gasteiger partial charge in [-0.3, -0.25) is 9.78 Å². The number of aromatic nitrogens is 1. The predicted octanol–water partition coefficient (Wildman–Crippen LogP) is 23.5. The first kappa shape index (κ1) is 70.9. The third-order valence-electron chi connectivity index (χ3n) is 17.4. The molecule has 0 bridgehead atoms. The van der Waals surface area contributed by atoms with Gasteiger partial charge < -0.3 is 10.0 Å². The van der Waals surface area contributed by atoms with Crippen LogP contribution < -0.4 is 4.90 Å². The van der Waals surface area contributed by atoms with Crippen molar-refractivity contribution in [3.63, 3.8) is 0 Å². The molecule has 1 aromatic rings. The second-order valence-corrected chi connectivity index (χ2v) is 25.8. The molecule has 1 aliphatic carbocycles. The average Bonchev–Trinajstić information content (AvgIpc) is 4.10. The number of Topliss-reactive ketones (excluding diaryl/α,β-unsaturated/α-hetero) is 1. The molecule has 1 aliphatic heterocycles. The highest BCUT2D eigenvalue weighted by atomic mass is 32.2. The van der Waals surface area contributed by atoms with Gasteiger partial charge in [-0.1, -0.05) is 323 Å². The zero-order valence-corrected chi connectivity index (χ0v) is 53.8. The number of anilines is 1. The number of thioether (sulfide) groups is 1. The number of aliphatic imine (C=N–C) groups is 1. The number of ketones is 1. The fourth-order valence-electron chi connectivity index (χ4n) is 12.1. The van der Waals surface area contributed by atoms with Crippen LogP contribution in [0.4, 0.5) is 5.69 Å². The molecule has 7 heteroatoms. The molecular weight excluding hydrogens is 985 g/mol. The van der Waals surface area contributed by atoms with Crippen LogP contribution in [0.3, 0.4) is 0 Å². The van der Waals surface area contributed by atoms with Gasteiger partial charge in [-0.2, -0.15) is 0 Å². The highest BCUT2D eigenvalue weighted by Crippen LogP contribution is 2.42. The number of hydrogen-bond acceptors (Lipinski definition) is 6. The van der Waals surface area contributed by atoms with Gasteiger partial charge in [0.25, 0.3) is 5.04 Å². The average molecular weight is 1110 g/mol. The number of hydrogen-bond donors (Lipinski definition) is 1. The minimum absolute atomic E-state index is 0.0568. The normalized spacial score (nSPS) is 14.4. The molecular formula is C72H129N4O2S+. The molecule has 1 aromatic heterocycles. The molecule has 454 valence electrons. The number of aliphatic hydroxyl groups excluding tert-OH is 1. The van der Waals surface area contributed by atoms with Crippen LogP contribution in [0, 0.1) is 0 Å². The minimum atomic E-state index is -0.131. The highest BCUT2D eigenvalue weighted by Gasteiger charge is 2.40. The molecule has 0 saturated carbocycles. The Bertz CT molecular complexity index is 1670. The summed E-state index contributed by atoms with van der Waals surface area (Å²) in [5, 5.41) is 13.3. The number of nitrogens with zero attached hydrogens (tertiary/aromatic N) is 4. The zero-order chi connectivity index (χ0) is 56.3. The van der Waals surface area contributed by atoms with Crippen molar-refractivity contribution in [3.05, 3.63) is 40.4 Å². The molecule has 0 spiro atoms. The number of allylic oxidation sites excluding steroid dienone is 2. The van der Waals surface area contributed by atoms with E-state index in [4.69, 9.17) is 9.98 Å². The molecule has 0 unspecified atom stereocenters. The fraction of sp³-hybridized carbons (Fsp3) is 0.833. The van der Waals surface area contributed by atoms with Crippen molar-refractivity contribution in [1.82, 2.24) is 4.98 Å². The van der Waals surface area contributed by atoms with E-state index in [0.29, 0.717) is 21.9 Å². The maximum absolute atomic E-state index is 13.9. The van der Waals surface area contributed by atoms with Crippen molar-refractivity contribution >= 4 is 40.1 Å². The summed E-state index contributed by atoms with van der Waals surface area (Å²) in [4.78, 5) is 26.1. The van der Waals surface area contributed by atoms with Crippen molar-refractivity contribution in [1.29, 1.82) is 0 Å². The summed E-state index contributed by atoms with van der Waals surface area (Å²) in [6.07, 6.45) is 74.8. The molecule has 1 N–H and O–H groups in total. The molecule has 2 heterocycles. The monoisotopic (exact) mass is 1110 g/mol. The minimum Gasteiger partial charge on any atom is -0.506 e. The maximum Gasteiger partial charge on any atom is 0.259 e. The van der Waals surface area contributed by atoms with Crippen molar-refractivity contribution < 1.29 is 14.5 Å². The van der Waals surface area contributed by atoms with Crippen LogP contribution in [0.2, 0.25) is 0 Å². The molecule has 0 fully saturated rings. The molecule has 6 nitrogen and oxygen atoms in total. The highest BCUT2D eigenvalue weighted by molar-refractivity contribution is 8.19. The summed E-state index contributed by atoms with van der Waals surface area (Å²) >= 11 is 1.58. The van der Waals surface area contributed by atoms with Gasteiger partial charge in [-0.15, -0.1) is 0 Å². The van der Waals surface area contributed by atoms with Crippen molar-refractivity contribution in [2.45, 2.75) is 362 Å². The lowest BCUT2D eigenvalue weighted by atomic mass is 9.86. The first-order chi connectivity index (χ1) is 39.0. The maximum atomic E-state index is 13.9. The van der Waals surface area contributed by atoms with Crippen molar-refractivity contribution in [2.75, 3.05) is 31.1 Å². The number of aliphatic hydroxyl groups is 1. The van der Waals surface area contributed by atoms with E-state index >= 15 is 0 Å². The van der Waals surface area contributed by atoms with Crippen LogP contribution in [0.1, 0.15) is 367 Å². The van der Waals surface area contributed by atoms with Gasteiger partial charge in [-0.25, -0.2) is 9.57 Å². The number of rotatable bonds is 58. The van der Waals surface area contributed by atoms with Crippen LogP contribution in [0.5, 0.6) is 0 Å². The van der Waals surface area contributed by atoms with E-state index in [1.54, 1.807) is 11.8 Å². The Labute approximate surface area is 495 Å². The topological polar surface area (TPSA) is 68.8 Å². The number of pyridine rings is 1. The Kier molecular flexibility index (Phi) is 46.0. The second kappa shape index (κ2) is 51.2. The van der Waals surface area contributed by atoms with Crippen molar-refractivity contribution in [2.24, 2.45) is 4.99 Å². The van der Waals surface area contributed by atoms with E-state index in [9.17, 15) is 9.90 Å². The Morgan fingerprint density at radius 1 is 0.405 bits per heavy atom. The Balaban J connectivity index is 1.55. The van der Waals surface area contributed by atoms with E-state index in [1.807, 2.05) is 18.5 Å². The lowest BCUT2D eigenvalue weighted by molar-refractivity contribution is -0.524. The lowest BCUT2D eigenvalue weighted by Gasteiger charge is -2.26. The van der Waals surface area contributed by atoms with E-state index in [1.165, 1.54) is 334 Å². The molecule has 3 rings (SSSR count). The second-order valence-electron chi connectivity index (χ2n) is 24.8. The summed E-state index contributed by atoms with van der Waals surface area (Å²) in [6, 6.07) is 4.11. The molecule has 79 heavy (non-hydrogen) atoms. The molecule has 2 aliphatic rings. The molecule has 0 aromatic carbocycles. The van der Waals surface area contributed by atoms with Gasteiger partial charge in [0.15, 0.2) is 0 Å². The van der Waals surface area contributed by atoms with Gasteiger partial charge in [0.2, 0.25) is 5.78 Å². The van der Waals surface area contributed by atoms with E-state index in [0.717, 1.165) is 36.9 Å². The summed E-state index contributed by atoms with van der Waals surface area (Å²) in [5.74, 6) is -0.0740. The van der Waals surface area contributed by atoms with E-state index in [2.05, 4.69) is 43.2 Å². The molecule has 0 radical (unpaired) electrons. The van der Waals surface area contributed by atoms with Gasteiger partial charge >= 0.3 is 0 Å². The van der Waals surface area contributed by atoms with Crippen LogP contribution in [-0.2, 0) is 4.79 Å². The Hall–Kier alpha value is -2.41. The standard InChI is InChI=1S/C72H128N4O2S/c1-5-9-13-17-21-25-29-33-35-39-41-45-49-53-59-75(60-54-50-46-42-40-36-34-30-26-22-18-14-10-6-2)65-57-58-66(73-63-65)68-70(77)69(71(68)78)72-74-64-67(79-72)76(61-55-51-47-43-37-31-27-23-19-15-11-7-3)62-56-52-48-44-38-32-28-24-20-16-12-8-4/h57-58,63-64H,5-56,59-62H2,1-4H3/p+1. The van der Waals surface area contributed by atoms with Crippen LogP contribution >= 0.6 is 11.8 Å². The smallest absolute Gasteiger partial charge is 0.259 e. The summed E-state index contributed by atoms with van der Waals surface area (Å²) in [7, 11) is 0. The zero-order valence-electron chi connectivity index (χ0n) is 53.0. The van der Waals surface area contributed by atoms with E-state index in [-0.39, 0.29) is 11.5 Å². The number of carbonyl (C=O) groups excluding carboxylic acids is 1. The van der Waals surface area contributed by atoms with Crippen LogP contribution in [-0.4, -0.2) is 57.9 Å². The summed E-state index contributed by atoms with van der Waals surface area (Å²) in [6.45, 7) is 13.3. The quantitative estimate of drug-likeness (QED) is 0.0400. The third kappa shape index (κ3) is 34.7. The third-order valence-corrected chi connectivity index (χ3v) is 18.5. The Morgan fingerprint density at radius 2 is 0.709 bits per heavy atom. The largest absolute Gasteiger partial charge is 0.506 e. The van der Waals surface area contributed by atoms with Gasteiger partial charge in [0.1, 0.15) is 30.1 Å². The van der Waals surface area contributed by atoms with Gasteiger partial charge in [0.05, 0.1) is 28.7 Å². The lowest BCUT2D eigenvalue weighted by Crippen LogP contribution is -2.26. The van der Waals surface area contributed by atoms with Crippen LogP contribution in [0.15, 0.2) is 39.7 Å². The van der Waals surface area contributed by atoms with Crippen LogP contribution in [0.25, 0.3) is 5.57 Å².